The third-order valence-corrected chi connectivity index (χ3v) is 6.89. The first kappa shape index (κ1) is 32.5. The predicted octanol–water partition coefficient (Wildman–Crippen LogP) is 3.40. The number of carbonyl (C=O) groups is 2. The average molecular weight is 616 g/mol. The zero-order valence-corrected chi connectivity index (χ0v) is 24.2. The number of cyclic esters (lactones) is 1. The second kappa shape index (κ2) is 14.8. The quantitative estimate of drug-likeness (QED) is 0.151. The van der Waals surface area contributed by atoms with Crippen molar-refractivity contribution in [3.05, 3.63) is 47.6 Å². The molecule has 4 N–H and O–H groups in total. The lowest BCUT2D eigenvalue weighted by molar-refractivity contribution is -0.137. The molecule has 41 heavy (non-hydrogen) atoms. The molecule has 226 valence electrons. The van der Waals surface area contributed by atoms with Crippen LogP contribution in [0.1, 0.15) is 61.4 Å². The van der Waals surface area contributed by atoms with Crippen LogP contribution in [0.15, 0.2) is 41.6 Å². The van der Waals surface area contributed by atoms with Gasteiger partial charge in [0, 0.05) is 32.0 Å². The Morgan fingerprint density at radius 3 is 2.39 bits per heavy atom. The summed E-state index contributed by atoms with van der Waals surface area (Å²) in [5.41, 5.74) is -0.265. The van der Waals surface area contributed by atoms with Crippen LogP contribution in [0.25, 0.3) is 0 Å². The Labute approximate surface area is 237 Å². The molecule has 0 spiro atoms. The molecule has 0 radical (unpaired) electrons. The van der Waals surface area contributed by atoms with Crippen LogP contribution in [-0.4, -0.2) is 67.9 Å². The minimum Gasteiger partial charge on any atom is -0.459 e. The molecule has 2 aliphatic rings. The Kier molecular flexibility index (Phi) is 11.7. The number of hydrogen-bond donors (Lipinski definition) is 4. The number of phosphoric acid groups is 2. The van der Waals surface area contributed by atoms with Crippen molar-refractivity contribution in [2.75, 3.05) is 19.7 Å². The number of oxime groups is 1. The van der Waals surface area contributed by atoms with E-state index in [1.54, 1.807) is 24.0 Å². The smallest absolute Gasteiger partial charge is 0.459 e. The van der Waals surface area contributed by atoms with Gasteiger partial charge in [-0.3, -0.25) is 24.4 Å². The maximum absolute atomic E-state index is 13.3. The summed E-state index contributed by atoms with van der Waals surface area (Å²) in [7, 11) is -10.4. The molecule has 3 rings (SSSR count). The number of phosphoric ester groups is 2. The largest absolute Gasteiger partial charge is 0.524 e. The molecule has 1 aromatic rings. The van der Waals surface area contributed by atoms with Gasteiger partial charge in [-0.15, -0.1) is 0 Å². The van der Waals surface area contributed by atoms with Gasteiger partial charge in [-0.1, -0.05) is 23.4 Å². The zero-order chi connectivity index (χ0) is 30.0. The molecule has 1 amide bonds. The average Bonchev–Trinajstić information content (AvgIpc) is 2.85. The SMILES string of the molecule is C[C@@H]1CC=CCCC=CC(=NOCC(=O)N2CCCCC2)Cc2cc(OP(=O)(O)O)cc(OP(=O)(O)O)c2C(=O)O1. The van der Waals surface area contributed by atoms with Crippen LogP contribution in [0.3, 0.4) is 0 Å². The second-order valence-electron chi connectivity index (χ2n) is 9.50. The number of esters is 1. The summed E-state index contributed by atoms with van der Waals surface area (Å²) in [5, 5.41) is 4.06. The summed E-state index contributed by atoms with van der Waals surface area (Å²) in [6.45, 7) is 2.55. The van der Waals surface area contributed by atoms with E-state index in [0.717, 1.165) is 31.4 Å². The topological polar surface area (TPSA) is 202 Å². The molecule has 1 saturated heterocycles. The van der Waals surface area contributed by atoms with E-state index < -0.39 is 44.8 Å². The third-order valence-electron chi connectivity index (χ3n) is 6.01. The van der Waals surface area contributed by atoms with E-state index in [1.807, 2.05) is 12.2 Å². The van der Waals surface area contributed by atoms with Gasteiger partial charge < -0.3 is 23.5 Å². The van der Waals surface area contributed by atoms with Crippen LogP contribution in [-0.2, 0) is 29.9 Å². The molecule has 0 bridgehead atoms. The van der Waals surface area contributed by atoms with E-state index in [9.17, 15) is 38.3 Å². The maximum Gasteiger partial charge on any atom is 0.524 e. The van der Waals surface area contributed by atoms with Crippen molar-refractivity contribution in [2.24, 2.45) is 5.16 Å². The number of fused-ring (bicyclic) bond motifs is 1. The number of amides is 1. The van der Waals surface area contributed by atoms with Crippen LogP contribution in [0, 0.1) is 0 Å². The number of piperidine rings is 1. The summed E-state index contributed by atoms with van der Waals surface area (Å²) in [4.78, 5) is 70.4. The fourth-order valence-corrected chi connectivity index (χ4v) is 5.02. The number of benzene rings is 1. The molecule has 1 aromatic carbocycles. The number of likely N-dealkylation sites (tertiary alicyclic amines) is 1. The van der Waals surface area contributed by atoms with Crippen molar-refractivity contribution >= 4 is 33.2 Å². The highest BCUT2D eigenvalue weighted by molar-refractivity contribution is 7.47. The molecule has 2 heterocycles. The van der Waals surface area contributed by atoms with E-state index >= 15 is 0 Å². The third kappa shape index (κ3) is 11.4. The molecule has 0 saturated carbocycles. The number of hydrogen-bond acceptors (Lipinski definition) is 9. The maximum atomic E-state index is 13.3. The molecule has 0 unspecified atom stereocenters. The van der Waals surface area contributed by atoms with Gasteiger partial charge in [0.15, 0.2) is 6.61 Å². The molecular formula is C25H34N2O12P2. The summed E-state index contributed by atoms with van der Waals surface area (Å²) >= 11 is 0. The number of allylic oxidation sites excluding steroid dienone is 3. The first-order valence-electron chi connectivity index (χ1n) is 13.0. The molecule has 0 aromatic heterocycles. The minimum atomic E-state index is -5.26. The number of ether oxygens (including phenoxy) is 1. The van der Waals surface area contributed by atoms with E-state index in [4.69, 9.17) is 14.1 Å². The Balaban J connectivity index is 2.04. The zero-order valence-electron chi connectivity index (χ0n) is 22.5. The Morgan fingerprint density at radius 1 is 1.02 bits per heavy atom. The van der Waals surface area contributed by atoms with Crippen molar-refractivity contribution in [1.29, 1.82) is 0 Å². The van der Waals surface area contributed by atoms with Crippen molar-refractivity contribution in [1.82, 2.24) is 4.90 Å². The van der Waals surface area contributed by atoms with Crippen molar-refractivity contribution < 1.29 is 56.9 Å². The van der Waals surface area contributed by atoms with Gasteiger partial charge in [-0.25, -0.2) is 13.9 Å². The number of carbonyl (C=O) groups excluding carboxylic acids is 2. The van der Waals surface area contributed by atoms with Gasteiger partial charge in [-0.2, -0.15) is 0 Å². The van der Waals surface area contributed by atoms with Crippen LogP contribution in [0.2, 0.25) is 0 Å². The van der Waals surface area contributed by atoms with E-state index in [0.29, 0.717) is 32.4 Å². The van der Waals surface area contributed by atoms with Crippen LogP contribution >= 0.6 is 15.6 Å². The highest BCUT2D eigenvalue weighted by Crippen LogP contribution is 2.45. The van der Waals surface area contributed by atoms with Gasteiger partial charge in [0.2, 0.25) is 0 Å². The molecule has 1 fully saturated rings. The van der Waals surface area contributed by atoms with Gasteiger partial charge in [0.05, 0.1) is 5.71 Å². The Bertz CT molecular complexity index is 1280. The van der Waals surface area contributed by atoms with E-state index in [-0.39, 0.29) is 30.2 Å². The molecule has 14 nitrogen and oxygen atoms in total. The molecule has 0 aliphatic carbocycles. The second-order valence-corrected chi connectivity index (χ2v) is 11.8. The highest BCUT2D eigenvalue weighted by Gasteiger charge is 2.29. The Morgan fingerprint density at radius 2 is 1.71 bits per heavy atom. The predicted molar refractivity (Wildman–Crippen MR) is 146 cm³/mol. The summed E-state index contributed by atoms with van der Waals surface area (Å²) in [5.74, 6) is -2.50. The lowest BCUT2D eigenvalue weighted by Gasteiger charge is -2.26. The molecular weight excluding hydrogens is 582 g/mol. The fourth-order valence-electron chi connectivity index (χ4n) is 4.24. The van der Waals surface area contributed by atoms with Crippen LogP contribution < -0.4 is 9.05 Å². The van der Waals surface area contributed by atoms with Crippen molar-refractivity contribution in [3.8, 4) is 11.5 Å². The lowest BCUT2D eigenvalue weighted by atomic mass is 9.99. The van der Waals surface area contributed by atoms with Crippen molar-refractivity contribution in [2.45, 2.75) is 58.0 Å². The number of nitrogens with zero attached hydrogens (tertiary/aromatic N) is 2. The Hall–Kier alpha value is -2.99. The normalized spacial score (nSPS) is 20.1. The summed E-state index contributed by atoms with van der Waals surface area (Å²) in [6.07, 6.45) is 10.7. The highest BCUT2D eigenvalue weighted by atomic mass is 31.2. The summed E-state index contributed by atoms with van der Waals surface area (Å²) < 4.78 is 38.1. The van der Waals surface area contributed by atoms with Gasteiger partial charge >= 0.3 is 21.6 Å². The van der Waals surface area contributed by atoms with Crippen LogP contribution in [0.5, 0.6) is 11.5 Å². The van der Waals surface area contributed by atoms with Crippen LogP contribution in [0.4, 0.5) is 0 Å². The van der Waals surface area contributed by atoms with Crippen molar-refractivity contribution in [3.63, 3.8) is 0 Å². The fraction of sp³-hybridized carbons (Fsp3) is 0.480. The first-order valence-corrected chi connectivity index (χ1v) is 16.0. The van der Waals surface area contributed by atoms with E-state index in [1.165, 1.54) is 0 Å². The first-order chi connectivity index (χ1) is 19.3. The van der Waals surface area contributed by atoms with E-state index in [2.05, 4.69) is 9.68 Å². The molecule has 2 aliphatic heterocycles. The van der Waals surface area contributed by atoms with Gasteiger partial charge in [0.25, 0.3) is 5.91 Å². The number of rotatable bonds is 7. The molecule has 16 heteroatoms. The minimum absolute atomic E-state index is 0.0430. The lowest BCUT2D eigenvalue weighted by Crippen LogP contribution is -2.37. The molecule has 1 atom stereocenters. The van der Waals surface area contributed by atoms with Gasteiger partial charge in [-0.05, 0) is 56.7 Å². The monoisotopic (exact) mass is 616 g/mol. The van der Waals surface area contributed by atoms with Gasteiger partial charge in [0.1, 0.15) is 23.2 Å². The standard InChI is InChI=1S/C25H34N2O12P2/c1-18-10-6-3-2-4-7-11-20(26-36-17-23(28)27-12-8-5-9-13-27)14-19-15-21(38-40(30,31)32)16-22(39-41(33,34)35)24(19)25(29)37-18/h3,6-7,11,15-16,18H,2,4-5,8-10,12-14,17H2,1H3,(H2,30,31,32)(H2,33,34,35)/t18-/m1/s1. The summed E-state index contributed by atoms with van der Waals surface area (Å²) in [6, 6.07) is 1.87.